The summed E-state index contributed by atoms with van der Waals surface area (Å²) in [6.07, 6.45) is 10.7. The van der Waals surface area contributed by atoms with Crippen LogP contribution in [0.1, 0.15) is 52.4 Å². The molecule has 2 heteroatoms. The van der Waals surface area contributed by atoms with Crippen LogP contribution in [-0.2, 0) is 4.79 Å². The van der Waals surface area contributed by atoms with E-state index in [0.717, 1.165) is 12.3 Å². The first kappa shape index (κ1) is 13.2. The number of unbranched alkanes of at least 4 members (excludes halogenated alkanes) is 1. The van der Waals surface area contributed by atoms with Crippen molar-refractivity contribution in [1.29, 1.82) is 0 Å². The molecule has 1 unspecified atom stereocenters. The third-order valence-electron chi connectivity index (χ3n) is 2.41. The maximum absolute atomic E-state index is 10.5. The third kappa shape index (κ3) is 7.84. The molecule has 82 valence electrons. The van der Waals surface area contributed by atoms with Gasteiger partial charge in [-0.1, -0.05) is 52.0 Å². The SMILES string of the molecule is CCCCC(C/C=C\C(N)=O)CCC. The van der Waals surface area contributed by atoms with Gasteiger partial charge in [0.05, 0.1) is 0 Å². The summed E-state index contributed by atoms with van der Waals surface area (Å²) in [5, 5.41) is 0. The summed E-state index contributed by atoms with van der Waals surface area (Å²) in [4.78, 5) is 10.5. The van der Waals surface area contributed by atoms with Crippen LogP contribution in [0.2, 0.25) is 0 Å². The lowest BCUT2D eigenvalue weighted by Gasteiger charge is -2.12. The molecular formula is C12H23NO. The third-order valence-corrected chi connectivity index (χ3v) is 2.41. The molecule has 0 aliphatic rings. The molecule has 0 bridgehead atoms. The van der Waals surface area contributed by atoms with Gasteiger partial charge >= 0.3 is 0 Å². The molecule has 0 radical (unpaired) electrons. The zero-order chi connectivity index (χ0) is 10.8. The summed E-state index contributed by atoms with van der Waals surface area (Å²) in [5.74, 6) is 0.395. The fourth-order valence-corrected chi connectivity index (χ4v) is 1.66. The average Bonchev–Trinajstić information content (AvgIpc) is 2.13. The lowest BCUT2D eigenvalue weighted by Crippen LogP contribution is -2.06. The Kier molecular flexibility index (Phi) is 8.30. The van der Waals surface area contributed by atoms with Gasteiger partial charge in [0.15, 0.2) is 0 Å². The molecule has 0 aromatic rings. The van der Waals surface area contributed by atoms with E-state index in [1.165, 1.54) is 38.2 Å². The Morgan fingerprint density at radius 3 is 2.50 bits per heavy atom. The van der Waals surface area contributed by atoms with Crippen molar-refractivity contribution in [3.8, 4) is 0 Å². The van der Waals surface area contributed by atoms with E-state index in [1.807, 2.05) is 6.08 Å². The molecule has 2 nitrogen and oxygen atoms in total. The van der Waals surface area contributed by atoms with Gasteiger partial charge < -0.3 is 5.73 Å². The zero-order valence-corrected chi connectivity index (χ0v) is 9.46. The predicted molar refractivity (Wildman–Crippen MR) is 60.9 cm³/mol. The molecule has 1 atom stereocenters. The van der Waals surface area contributed by atoms with Gasteiger partial charge in [0.2, 0.25) is 5.91 Å². The smallest absolute Gasteiger partial charge is 0.241 e. The Hall–Kier alpha value is -0.790. The maximum Gasteiger partial charge on any atom is 0.241 e. The highest BCUT2D eigenvalue weighted by Crippen LogP contribution is 2.18. The molecule has 0 saturated carbocycles. The topological polar surface area (TPSA) is 43.1 Å². The Morgan fingerprint density at radius 2 is 2.00 bits per heavy atom. The van der Waals surface area contributed by atoms with Gasteiger partial charge in [-0.05, 0) is 18.4 Å². The van der Waals surface area contributed by atoms with Crippen LogP contribution in [0.5, 0.6) is 0 Å². The van der Waals surface area contributed by atoms with Crippen LogP contribution in [0, 0.1) is 5.92 Å². The molecule has 0 heterocycles. The van der Waals surface area contributed by atoms with Gasteiger partial charge in [0, 0.05) is 0 Å². The van der Waals surface area contributed by atoms with Gasteiger partial charge in [-0.2, -0.15) is 0 Å². The highest BCUT2D eigenvalue weighted by atomic mass is 16.1. The summed E-state index contributed by atoms with van der Waals surface area (Å²) in [7, 11) is 0. The first-order chi connectivity index (χ1) is 6.70. The van der Waals surface area contributed by atoms with E-state index in [2.05, 4.69) is 13.8 Å². The molecule has 14 heavy (non-hydrogen) atoms. The maximum atomic E-state index is 10.5. The second-order valence-corrected chi connectivity index (χ2v) is 3.84. The minimum atomic E-state index is -0.337. The predicted octanol–water partition coefficient (Wildman–Crippen LogP) is 3.02. The molecule has 0 saturated heterocycles. The molecule has 0 aromatic heterocycles. The largest absolute Gasteiger partial charge is 0.366 e. The summed E-state index contributed by atoms with van der Waals surface area (Å²) in [6.45, 7) is 4.42. The zero-order valence-electron chi connectivity index (χ0n) is 9.46. The fourth-order valence-electron chi connectivity index (χ4n) is 1.66. The first-order valence-electron chi connectivity index (χ1n) is 5.66. The van der Waals surface area contributed by atoms with Crippen LogP contribution in [0.3, 0.4) is 0 Å². The number of rotatable bonds is 8. The number of carbonyl (C=O) groups excluding carboxylic acids is 1. The van der Waals surface area contributed by atoms with Crippen LogP contribution in [0.25, 0.3) is 0 Å². The van der Waals surface area contributed by atoms with E-state index in [9.17, 15) is 4.79 Å². The number of primary amides is 1. The van der Waals surface area contributed by atoms with Crippen molar-refractivity contribution in [3.05, 3.63) is 12.2 Å². The highest BCUT2D eigenvalue weighted by molar-refractivity contribution is 5.85. The normalized spacial score (nSPS) is 13.3. The Balaban J connectivity index is 3.77. The number of amides is 1. The highest BCUT2D eigenvalue weighted by Gasteiger charge is 2.04. The van der Waals surface area contributed by atoms with Crippen LogP contribution in [-0.4, -0.2) is 5.91 Å². The van der Waals surface area contributed by atoms with Gasteiger partial charge in [0.1, 0.15) is 0 Å². The van der Waals surface area contributed by atoms with Crippen LogP contribution >= 0.6 is 0 Å². The first-order valence-corrected chi connectivity index (χ1v) is 5.66. The van der Waals surface area contributed by atoms with Crippen LogP contribution < -0.4 is 5.73 Å². The van der Waals surface area contributed by atoms with Gasteiger partial charge in [-0.15, -0.1) is 0 Å². The fraction of sp³-hybridized carbons (Fsp3) is 0.750. The Bertz CT molecular complexity index is 175. The molecule has 0 rings (SSSR count). The average molecular weight is 197 g/mol. The van der Waals surface area contributed by atoms with Crippen molar-refractivity contribution in [2.24, 2.45) is 11.7 Å². The number of allylic oxidation sites excluding steroid dienone is 1. The van der Waals surface area contributed by atoms with E-state index in [4.69, 9.17) is 5.73 Å². The number of hydrogen-bond donors (Lipinski definition) is 1. The summed E-state index contributed by atoms with van der Waals surface area (Å²) in [5.41, 5.74) is 5.03. The van der Waals surface area contributed by atoms with E-state index >= 15 is 0 Å². The second kappa shape index (κ2) is 8.79. The van der Waals surface area contributed by atoms with Crippen molar-refractivity contribution in [2.45, 2.75) is 52.4 Å². The van der Waals surface area contributed by atoms with Gasteiger partial charge in [-0.25, -0.2) is 0 Å². The van der Waals surface area contributed by atoms with Crippen molar-refractivity contribution >= 4 is 5.91 Å². The van der Waals surface area contributed by atoms with E-state index in [0.29, 0.717) is 0 Å². The van der Waals surface area contributed by atoms with Crippen molar-refractivity contribution in [2.75, 3.05) is 0 Å². The summed E-state index contributed by atoms with van der Waals surface area (Å²) < 4.78 is 0. The molecule has 2 N–H and O–H groups in total. The molecule has 0 aliphatic heterocycles. The Morgan fingerprint density at radius 1 is 1.29 bits per heavy atom. The van der Waals surface area contributed by atoms with Crippen molar-refractivity contribution in [3.63, 3.8) is 0 Å². The summed E-state index contributed by atoms with van der Waals surface area (Å²) >= 11 is 0. The lowest BCUT2D eigenvalue weighted by atomic mass is 9.94. The lowest BCUT2D eigenvalue weighted by molar-refractivity contribution is -0.113. The van der Waals surface area contributed by atoms with E-state index in [1.54, 1.807) is 0 Å². The number of hydrogen-bond acceptors (Lipinski definition) is 1. The molecule has 0 spiro atoms. The molecule has 0 aliphatic carbocycles. The monoisotopic (exact) mass is 197 g/mol. The minimum Gasteiger partial charge on any atom is -0.366 e. The van der Waals surface area contributed by atoms with E-state index in [-0.39, 0.29) is 5.91 Å². The van der Waals surface area contributed by atoms with Gasteiger partial charge in [0.25, 0.3) is 0 Å². The Labute approximate surface area is 87.6 Å². The number of carbonyl (C=O) groups is 1. The molecule has 0 aromatic carbocycles. The van der Waals surface area contributed by atoms with Crippen molar-refractivity contribution < 1.29 is 4.79 Å². The van der Waals surface area contributed by atoms with E-state index < -0.39 is 0 Å². The summed E-state index contributed by atoms with van der Waals surface area (Å²) in [6, 6.07) is 0. The van der Waals surface area contributed by atoms with Crippen molar-refractivity contribution in [1.82, 2.24) is 0 Å². The quantitative estimate of drug-likeness (QED) is 0.597. The standard InChI is InChI=1S/C12H23NO/c1-3-5-8-11(7-4-2)9-6-10-12(13)14/h6,10-11H,3-5,7-9H2,1-2H3,(H2,13,14)/b10-6-. The second-order valence-electron chi connectivity index (χ2n) is 3.84. The number of nitrogens with two attached hydrogens (primary N) is 1. The van der Waals surface area contributed by atoms with Crippen LogP contribution in [0.4, 0.5) is 0 Å². The molecular weight excluding hydrogens is 174 g/mol. The van der Waals surface area contributed by atoms with Gasteiger partial charge in [-0.3, -0.25) is 4.79 Å². The van der Waals surface area contributed by atoms with Crippen LogP contribution in [0.15, 0.2) is 12.2 Å². The molecule has 0 fully saturated rings. The molecule has 1 amide bonds. The minimum absolute atomic E-state index is 0.337.